The quantitative estimate of drug-likeness (QED) is 0.405. The molecule has 0 saturated carbocycles. The molecular weight excluding hydrogens is 336 g/mol. The van der Waals surface area contributed by atoms with Gasteiger partial charge in [-0.3, -0.25) is 0 Å². The number of hydrogen-bond acceptors (Lipinski definition) is 4. The molecule has 0 saturated heterocycles. The van der Waals surface area contributed by atoms with Gasteiger partial charge >= 0.3 is 5.97 Å². The van der Waals surface area contributed by atoms with E-state index in [1.165, 1.54) is 5.56 Å². The molecule has 0 aromatic heterocycles. The number of azo groups is 1. The zero-order valence-electron chi connectivity index (χ0n) is 14.9. The summed E-state index contributed by atoms with van der Waals surface area (Å²) in [5, 5.41) is 8.37. The van der Waals surface area contributed by atoms with Crippen LogP contribution in [0.3, 0.4) is 0 Å². The van der Waals surface area contributed by atoms with E-state index >= 15 is 0 Å². The van der Waals surface area contributed by atoms with Crippen molar-refractivity contribution >= 4 is 17.3 Å². The number of ether oxygens (including phenoxy) is 1. The van der Waals surface area contributed by atoms with Gasteiger partial charge in [0, 0.05) is 0 Å². The first kappa shape index (κ1) is 17.2. The first-order chi connectivity index (χ1) is 13.3. The van der Waals surface area contributed by atoms with Gasteiger partial charge in [-0.05, 0) is 66.8 Å². The average Bonchev–Trinajstić information content (AvgIpc) is 2.74. The molecule has 0 fully saturated rings. The summed E-state index contributed by atoms with van der Waals surface area (Å²) in [6.45, 7) is 0. The molecule has 1 atom stereocenters. The van der Waals surface area contributed by atoms with Gasteiger partial charge in [-0.2, -0.15) is 10.2 Å². The molecule has 1 aliphatic rings. The lowest BCUT2D eigenvalue weighted by Crippen LogP contribution is -2.16. The third kappa shape index (κ3) is 4.11. The van der Waals surface area contributed by atoms with Crippen LogP contribution in [0, 0.1) is 0 Å². The van der Waals surface area contributed by atoms with Crippen molar-refractivity contribution in [1.29, 1.82) is 0 Å². The van der Waals surface area contributed by atoms with E-state index in [0.29, 0.717) is 11.3 Å². The highest BCUT2D eigenvalue weighted by atomic mass is 16.5. The number of carbonyl (C=O) groups is 1. The summed E-state index contributed by atoms with van der Waals surface area (Å²) in [6.07, 6.45) is 2.78. The third-order valence-electron chi connectivity index (χ3n) is 4.70. The SMILES string of the molecule is O=C(O[C@H]1CCCc2ccccc21)c1ccc(N=Nc2ccccc2)cc1. The summed E-state index contributed by atoms with van der Waals surface area (Å²) in [5.74, 6) is -0.303. The summed E-state index contributed by atoms with van der Waals surface area (Å²) < 4.78 is 5.78. The average molecular weight is 356 g/mol. The molecule has 0 radical (unpaired) electrons. The van der Waals surface area contributed by atoms with Crippen LogP contribution in [0.15, 0.2) is 89.1 Å². The number of esters is 1. The second-order valence-electron chi connectivity index (χ2n) is 6.57. The molecule has 0 spiro atoms. The smallest absolute Gasteiger partial charge is 0.338 e. The van der Waals surface area contributed by atoms with E-state index in [1.54, 1.807) is 24.3 Å². The number of fused-ring (bicyclic) bond motifs is 1. The summed E-state index contributed by atoms with van der Waals surface area (Å²) in [6, 6.07) is 24.7. The fraction of sp³-hybridized carbons (Fsp3) is 0.174. The Bertz CT molecular complexity index is 950. The Morgan fingerprint density at radius 1 is 0.815 bits per heavy atom. The second kappa shape index (κ2) is 7.96. The van der Waals surface area contributed by atoms with E-state index in [9.17, 15) is 4.79 Å². The molecule has 0 heterocycles. The molecule has 0 unspecified atom stereocenters. The zero-order chi connectivity index (χ0) is 18.5. The highest BCUT2D eigenvalue weighted by molar-refractivity contribution is 5.89. The van der Waals surface area contributed by atoms with E-state index in [4.69, 9.17) is 4.74 Å². The van der Waals surface area contributed by atoms with Crippen LogP contribution in [0.5, 0.6) is 0 Å². The minimum atomic E-state index is -0.303. The molecule has 3 aromatic rings. The van der Waals surface area contributed by atoms with Crippen LogP contribution < -0.4 is 0 Å². The molecule has 0 N–H and O–H groups in total. The largest absolute Gasteiger partial charge is 0.454 e. The normalized spacial score (nSPS) is 16.1. The van der Waals surface area contributed by atoms with Crippen LogP contribution in [-0.2, 0) is 11.2 Å². The Labute approximate surface area is 158 Å². The predicted octanol–water partition coefficient (Wildman–Crippen LogP) is 6.34. The molecule has 134 valence electrons. The summed E-state index contributed by atoms with van der Waals surface area (Å²) in [7, 11) is 0. The molecule has 0 bridgehead atoms. The fourth-order valence-corrected chi connectivity index (χ4v) is 3.30. The zero-order valence-corrected chi connectivity index (χ0v) is 14.9. The third-order valence-corrected chi connectivity index (χ3v) is 4.70. The first-order valence-corrected chi connectivity index (χ1v) is 9.15. The molecule has 1 aliphatic carbocycles. The lowest BCUT2D eigenvalue weighted by atomic mass is 9.89. The standard InChI is InChI=1S/C23H20N2O2/c26-23(27-22-12-6-8-17-7-4-5-11-21(17)22)18-13-15-20(16-14-18)25-24-19-9-2-1-3-10-19/h1-5,7,9-11,13-16,22H,6,8,12H2/t22-/m0/s1. The van der Waals surface area contributed by atoms with Gasteiger partial charge in [-0.1, -0.05) is 42.5 Å². The van der Waals surface area contributed by atoms with Crippen molar-refractivity contribution in [2.24, 2.45) is 10.2 Å². The highest BCUT2D eigenvalue weighted by Gasteiger charge is 2.23. The van der Waals surface area contributed by atoms with E-state index in [0.717, 1.165) is 30.5 Å². The van der Waals surface area contributed by atoms with Gasteiger partial charge in [0.1, 0.15) is 6.10 Å². The summed E-state index contributed by atoms with van der Waals surface area (Å²) in [4.78, 5) is 12.5. The van der Waals surface area contributed by atoms with Gasteiger partial charge in [0.2, 0.25) is 0 Å². The maximum absolute atomic E-state index is 12.5. The molecule has 0 amide bonds. The van der Waals surface area contributed by atoms with Crippen molar-refractivity contribution in [1.82, 2.24) is 0 Å². The van der Waals surface area contributed by atoms with Crippen molar-refractivity contribution in [3.63, 3.8) is 0 Å². The minimum absolute atomic E-state index is 0.167. The van der Waals surface area contributed by atoms with Crippen molar-refractivity contribution in [3.8, 4) is 0 Å². The lowest BCUT2D eigenvalue weighted by molar-refractivity contribution is 0.0256. The van der Waals surface area contributed by atoms with Crippen LogP contribution in [-0.4, -0.2) is 5.97 Å². The van der Waals surface area contributed by atoms with Gasteiger partial charge in [0.25, 0.3) is 0 Å². The van der Waals surface area contributed by atoms with Crippen LogP contribution in [0.2, 0.25) is 0 Å². The maximum atomic E-state index is 12.5. The Morgan fingerprint density at radius 3 is 2.26 bits per heavy atom. The van der Waals surface area contributed by atoms with Crippen molar-refractivity contribution in [2.45, 2.75) is 25.4 Å². The monoisotopic (exact) mass is 356 g/mol. The molecule has 4 heteroatoms. The van der Waals surface area contributed by atoms with Gasteiger partial charge in [0.15, 0.2) is 0 Å². The summed E-state index contributed by atoms with van der Waals surface area (Å²) >= 11 is 0. The van der Waals surface area contributed by atoms with Gasteiger partial charge in [-0.25, -0.2) is 4.79 Å². The van der Waals surface area contributed by atoms with Crippen LogP contribution in [0.1, 0.15) is 40.4 Å². The Balaban J connectivity index is 1.44. The second-order valence-corrected chi connectivity index (χ2v) is 6.57. The van der Waals surface area contributed by atoms with E-state index in [-0.39, 0.29) is 12.1 Å². The molecule has 0 aliphatic heterocycles. The molecule has 4 nitrogen and oxygen atoms in total. The van der Waals surface area contributed by atoms with Crippen LogP contribution in [0.4, 0.5) is 11.4 Å². The molecule has 27 heavy (non-hydrogen) atoms. The van der Waals surface area contributed by atoms with E-state index in [1.807, 2.05) is 42.5 Å². The Hall–Kier alpha value is -3.27. The molecule has 4 rings (SSSR count). The number of benzene rings is 3. The maximum Gasteiger partial charge on any atom is 0.338 e. The van der Waals surface area contributed by atoms with Crippen molar-refractivity contribution in [2.75, 3.05) is 0 Å². The topological polar surface area (TPSA) is 51.0 Å². The molecule has 3 aromatic carbocycles. The summed E-state index contributed by atoms with van der Waals surface area (Å²) in [5.41, 5.74) is 4.41. The van der Waals surface area contributed by atoms with Gasteiger partial charge in [-0.15, -0.1) is 0 Å². The minimum Gasteiger partial charge on any atom is -0.454 e. The van der Waals surface area contributed by atoms with Crippen LogP contribution >= 0.6 is 0 Å². The number of hydrogen-bond donors (Lipinski definition) is 0. The number of rotatable bonds is 4. The number of nitrogens with zero attached hydrogens (tertiary/aromatic N) is 2. The number of aryl methyl sites for hydroxylation is 1. The van der Waals surface area contributed by atoms with Crippen molar-refractivity contribution in [3.05, 3.63) is 95.6 Å². The van der Waals surface area contributed by atoms with Gasteiger partial charge in [0.05, 0.1) is 16.9 Å². The molecular formula is C23H20N2O2. The van der Waals surface area contributed by atoms with Gasteiger partial charge < -0.3 is 4.74 Å². The lowest BCUT2D eigenvalue weighted by Gasteiger charge is -2.25. The highest BCUT2D eigenvalue weighted by Crippen LogP contribution is 2.33. The Kier molecular flexibility index (Phi) is 5.06. The fourth-order valence-electron chi connectivity index (χ4n) is 3.30. The van der Waals surface area contributed by atoms with Crippen LogP contribution in [0.25, 0.3) is 0 Å². The number of carbonyl (C=O) groups excluding carboxylic acids is 1. The Morgan fingerprint density at radius 2 is 1.48 bits per heavy atom. The van der Waals surface area contributed by atoms with E-state index < -0.39 is 0 Å². The van der Waals surface area contributed by atoms with E-state index in [2.05, 4.69) is 22.4 Å². The van der Waals surface area contributed by atoms with Crippen molar-refractivity contribution < 1.29 is 9.53 Å². The first-order valence-electron chi connectivity index (χ1n) is 9.15. The predicted molar refractivity (Wildman–Crippen MR) is 105 cm³/mol.